The Balaban J connectivity index is 2.15. The molecule has 22 heavy (non-hydrogen) atoms. The summed E-state index contributed by atoms with van der Waals surface area (Å²) in [5.74, 6) is -1.63. The summed E-state index contributed by atoms with van der Waals surface area (Å²) in [7, 11) is 0. The predicted octanol–water partition coefficient (Wildman–Crippen LogP) is 0.809. The van der Waals surface area contributed by atoms with Crippen LogP contribution < -0.4 is 5.32 Å². The molecule has 6 heteroatoms. The molecule has 1 heterocycles. The van der Waals surface area contributed by atoms with Gasteiger partial charge in [-0.15, -0.1) is 0 Å². The summed E-state index contributed by atoms with van der Waals surface area (Å²) in [6.07, 6.45) is 1.47. The van der Waals surface area contributed by atoms with Crippen LogP contribution in [-0.2, 0) is 20.8 Å². The quantitative estimate of drug-likeness (QED) is 0.843. The van der Waals surface area contributed by atoms with E-state index in [0.717, 1.165) is 5.56 Å². The minimum atomic E-state index is -0.993. The van der Waals surface area contributed by atoms with Crippen LogP contribution in [0.25, 0.3) is 0 Å². The molecule has 1 saturated heterocycles. The number of nitrogens with zero attached hydrogens (tertiary/aromatic N) is 1. The van der Waals surface area contributed by atoms with Crippen LogP contribution >= 0.6 is 0 Å². The number of aliphatic carboxylic acids is 1. The second-order valence-corrected chi connectivity index (χ2v) is 5.47. The zero-order chi connectivity index (χ0) is 16.1. The number of rotatable bonds is 5. The van der Waals surface area contributed by atoms with E-state index in [4.69, 9.17) is 0 Å². The van der Waals surface area contributed by atoms with Gasteiger partial charge >= 0.3 is 5.97 Å². The predicted molar refractivity (Wildman–Crippen MR) is 80.1 cm³/mol. The van der Waals surface area contributed by atoms with Crippen molar-refractivity contribution in [3.8, 4) is 0 Å². The van der Waals surface area contributed by atoms with E-state index in [0.29, 0.717) is 25.8 Å². The third-order valence-electron chi connectivity index (χ3n) is 3.78. The van der Waals surface area contributed by atoms with Crippen molar-refractivity contribution in [2.75, 3.05) is 6.54 Å². The van der Waals surface area contributed by atoms with Gasteiger partial charge in [-0.3, -0.25) is 9.59 Å². The first kappa shape index (κ1) is 16.0. The Labute approximate surface area is 129 Å². The normalized spacial score (nSPS) is 18.8. The minimum Gasteiger partial charge on any atom is -0.480 e. The topological polar surface area (TPSA) is 86.7 Å². The van der Waals surface area contributed by atoms with E-state index in [1.807, 2.05) is 30.3 Å². The molecule has 0 saturated carbocycles. The number of carbonyl (C=O) groups is 3. The molecule has 0 radical (unpaired) electrons. The highest BCUT2D eigenvalue weighted by atomic mass is 16.4. The highest BCUT2D eigenvalue weighted by molar-refractivity contribution is 5.90. The Hall–Kier alpha value is -2.37. The van der Waals surface area contributed by atoms with Crippen LogP contribution in [0.1, 0.15) is 25.3 Å². The number of carboxylic acid groups (broad SMARTS) is 1. The highest BCUT2D eigenvalue weighted by Crippen LogP contribution is 2.19. The molecule has 6 nitrogen and oxygen atoms in total. The van der Waals surface area contributed by atoms with Crippen LogP contribution in [0.4, 0.5) is 0 Å². The Morgan fingerprint density at radius 1 is 1.32 bits per heavy atom. The first-order valence-corrected chi connectivity index (χ1v) is 7.33. The average Bonchev–Trinajstić information content (AvgIpc) is 2.96. The van der Waals surface area contributed by atoms with Crippen molar-refractivity contribution in [1.82, 2.24) is 10.2 Å². The molecule has 118 valence electrons. The molecule has 2 N–H and O–H groups in total. The van der Waals surface area contributed by atoms with E-state index < -0.39 is 18.1 Å². The lowest BCUT2D eigenvalue weighted by Gasteiger charge is -2.27. The maximum atomic E-state index is 12.6. The van der Waals surface area contributed by atoms with Crippen molar-refractivity contribution in [2.24, 2.45) is 0 Å². The van der Waals surface area contributed by atoms with Crippen molar-refractivity contribution in [2.45, 2.75) is 38.3 Å². The molecule has 0 spiro atoms. The summed E-state index contributed by atoms with van der Waals surface area (Å²) in [6.45, 7) is 1.77. The maximum absolute atomic E-state index is 12.6. The number of benzene rings is 1. The third-order valence-corrected chi connectivity index (χ3v) is 3.78. The molecular formula is C16H20N2O4. The molecule has 0 aliphatic carbocycles. The highest BCUT2D eigenvalue weighted by Gasteiger charge is 2.37. The van der Waals surface area contributed by atoms with Gasteiger partial charge in [0.2, 0.25) is 11.8 Å². The Bertz CT molecular complexity index is 559. The van der Waals surface area contributed by atoms with Gasteiger partial charge in [-0.25, -0.2) is 4.79 Å². The molecule has 1 fully saturated rings. The van der Waals surface area contributed by atoms with E-state index in [1.165, 1.54) is 11.8 Å². The number of hydrogen-bond donors (Lipinski definition) is 2. The lowest BCUT2D eigenvalue weighted by atomic mass is 10.0. The summed E-state index contributed by atoms with van der Waals surface area (Å²) < 4.78 is 0. The molecule has 0 unspecified atom stereocenters. The van der Waals surface area contributed by atoms with Crippen molar-refractivity contribution in [1.29, 1.82) is 0 Å². The first-order chi connectivity index (χ1) is 10.5. The molecule has 0 bridgehead atoms. The largest absolute Gasteiger partial charge is 0.480 e. The second kappa shape index (κ2) is 7.06. The van der Waals surface area contributed by atoms with E-state index in [9.17, 15) is 19.5 Å². The molecule has 1 aliphatic rings. The third kappa shape index (κ3) is 3.84. The Morgan fingerprint density at radius 2 is 2.00 bits per heavy atom. The summed E-state index contributed by atoms with van der Waals surface area (Å²) in [4.78, 5) is 36.6. The van der Waals surface area contributed by atoms with Crippen LogP contribution in [0.3, 0.4) is 0 Å². The van der Waals surface area contributed by atoms with Gasteiger partial charge in [-0.1, -0.05) is 30.3 Å². The summed E-state index contributed by atoms with van der Waals surface area (Å²) >= 11 is 0. The number of likely N-dealkylation sites (tertiary alicyclic amines) is 1. The van der Waals surface area contributed by atoms with Gasteiger partial charge in [0, 0.05) is 19.9 Å². The van der Waals surface area contributed by atoms with E-state index in [1.54, 1.807) is 0 Å². The number of carboxylic acids is 1. The maximum Gasteiger partial charge on any atom is 0.326 e. The fraction of sp³-hybridized carbons (Fsp3) is 0.438. The smallest absolute Gasteiger partial charge is 0.326 e. The molecule has 1 aliphatic heterocycles. The van der Waals surface area contributed by atoms with Crippen molar-refractivity contribution < 1.29 is 19.5 Å². The van der Waals surface area contributed by atoms with Crippen LogP contribution in [0, 0.1) is 0 Å². The van der Waals surface area contributed by atoms with Crippen LogP contribution in [-0.4, -0.2) is 46.4 Å². The van der Waals surface area contributed by atoms with Gasteiger partial charge in [-0.2, -0.15) is 0 Å². The van der Waals surface area contributed by atoms with Gasteiger partial charge in [0.05, 0.1) is 0 Å². The number of amides is 2. The van der Waals surface area contributed by atoms with Crippen LogP contribution in [0.5, 0.6) is 0 Å². The van der Waals surface area contributed by atoms with Gasteiger partial charge in [0.1, 0.15) is 12.1 Å². The zero-order valence-electron chi connectivity index (χ0n) is 12.5. The standard InChI is InChI=1S/C16H20N2O4/c1-11(19)17-13(10-12-6-3-2-4-7-12)15(20)18-9-5-8-14(18)16(21)22/h2-4,6-7,13-14H,5,8-10H2,1H3,(H,17,19)(H,21,22)/t13-,14+/m1/s1. The van der Waals surface area contributed by atoms with Gasteiger partial charge < -0.3 is 15.3 Å². The number of hydrogen-bond acceptors (Lipinski definition) is 3. The van der Waals surface area contributed by atoms with Crippen molar-refractivity contribution in [3.63, 3.8) is 0 Å². The SMILES string of the molecule is CC(=O)N[C@H](Cc1ccccc1)C(=O)N1CCC[C@H]1C(=O)O. The fourth-order valence-corrected chi connectivity index (χ4v) is 2.78. The summed E-state index contributed by atoms with van der Waals surface area (Å²) in [5, 5.41) is 11.8. The lowest BCUT2D eigenvalue weighted by Crippen LogP contribution is -2.52. The van der Waals surface area contributed by atoms with Crippen LogP contribution in [0.15, 0.2) is 30.3 Å². The van der Waals surface area contributed by atoms with Gasteiger partial charge in [-0.05, 0) is 18.4 Å². The van der Waals surface area contributed by atoms with Crippen LogP contribution in [0.2, 0.25) is 0 Å². The lowest BCUT2D eigenvalue weighted by molar-refractivity contribution is -0.149. The number of nitrogens with one attached hydrogen (secondary N) is 1. The molecule has 1 aromatic rings. The zero-order valence-corrected chi connectivity index (χ0v) is 12.5. The molecule has 2 atom stereocenters. The molecule has 2 amide bonds. The average molecular weight is 304 g/mol. The molecule has 2 rings (SSSR count). The minimum absolute atomic E-state index is 0.305. The van der Waals surface area contributed by atoms with E-state index >= 15 is 0 Å². The fourth-order valence-electron chi connectivity index (χ4n) is 2.78. The Morgan fingerprint density at radius 3 is 2.59 bits per heavy atom. The number of carbonyl (C=O) groups excluding carboxylic acids is 2. The van der Waals surface area contributed by atoms with Gasteiger partial charge in [0.15, 0.2) is 0 Å². The van der Waals surface area contributed by atoms with E-state index in [2.05, 4.69) is 5.32 Å². The monoisotopic (exact) mass is 304 g/mol. The summed E-state index contributed by atoms with van der Waals surface area (Å²) in [6, 6.07) is 7.82. The second-order valence-electron chi connectivity index (χ2n) is 5.47. The summed E-state index contributed by atoms with van der Waals surface area (Å²) in [5.41, 5.74) is 0.917. The molecular weight excluding hydrogens is 284 g/mol. The van der Waals surface area contributed by atoms with Crippen molar-refractivity contribution >= 4 is 17.8 Å². The molecule has 1 aromatic carbocycles. The molecule has 0 aromatic heterocycles. The van der Waals surface area contributed by atoms with E-state index in [-0.39, 0.29) is 11.8 Å². The van der Waals surface area contributed by atoms with Gasteiger partial charge in [0.25, 0.3) is 0 Å². The van der Waals surface area contributed by atoms with Crippen molar-refractivity contribution in [3.05, 3.63) is 35.9 Å². The Kier molecular flexibility index (Phi) is 5.14. The first-order valence-electron chi connectivity index (χ1n) is 7.33.